The summed E-state index contributed by atoms with van der Waals surface area (Å²) >= 11 is 0. The van der Waals surface area contributed by atoms with Crippen LogP contribution in [0.3, 0.4) is 0 Å². The lowest BCUT2D eigenvalue weighted by Gasteiger charge is -2.05. The van der Waals surface area contributed by atoms with E-state index in [1.54, 1.807) is 0 Å². The van der Waals surface area contributed by atoms with Crippen LogP contribution >= 0.6 is 0 Å². The number of carbonyl (C=O) groups is 1. The van der Waals surface area contributed by atoms with Crippen molar-refractivity contribution in [1.29, 1.82) is 0 Å². The summed E-state index contributed by atoms with van der Waals surface area (Å²) in [5, 5.41) is 6.01. The molecule has 82 valence electrons. The summed E-state index contributed by atoms with van der Waals surface area (Å²) < 4.78 is 0. The summed E-state index contributed by atoms with van der Waals surface area (Å²) in [6, 6.07) is 0. The van der Waals surface area contributed by atoms with E-state index in [0.717, 1.165) is 25.4 Å². The van der Waals surface area contributed by atoms with Gasteiger partial charge in [-0.05, 0) is 31.7 Å². The van der Waals surface area contributed by atoms with Gasteiger partial charge >= 0.3 is 0 Å². The van der Waals surface area contributed by atoms with Crippen molar-refractivity contribution in [2.45, 2.75) is 39.0 Å². The largest absolute Gasteiger partial charge is 0.355 e. The van der Waals surface area contributed by atoms with Crippen molar-refractivity contribution in [3.63, 3.8) is 0 Å². The zero-order chi connectivity index (χ0) is 10.2. The van der Waals surface area contributed by atoms with Crippen LogP contribution in [0.5, 0.6) is 0 Å². The quantitative estimate of drug-likeness (QED) is 0.577. The molecule has 1 rings (SSSR count). The molecule has 14 heavy (non-hydrogen) atoms. The molecule has 0 saturated heterocycles. The number of amides is 1. The minimum atomic E-state index is 0.123. The summed E-state index contributed by atoms with van der Waals surface area (Å²) in [5.74, 6) is 1.13. The van der Waals surface area contributed by atoms with E-state index in [-0.39, 0.29) is 5.91 Å². The lowest BCUT2D eigenvalue weighted by atomic mass is 10.2. The van der Waals surface area contributed by atoms with Crippen molar-refractivity contribution in [3.8, 4) is 0 Å². The molecule has 3 heteroatoms. The molecule has 0 radical (unpaired) electrons. The Morgan fingerprint density at radius 2 is 2.14 bits per heavy atom. The first-order valence-electron chi connectivity index (χ1n) is 5.80. The third kappa shape index (κ3) is 5.97. The van der Waals surface area contributed by atoms with Crippen LogP contribution in [0.15, 0.2) is 0 Å². The molecule has 0 bridgehead atoms. The number of nitrogens with one attached hydrogen (secondary N) is 2. The lowest BCUT2D eigenvalue weighted by molar-refractivity contribution is -0.120. The Labute approximate surface area is 86.6 Å². The number of hydrogen-bond acceptors (Lipinski definition) is 2. The fourth-order valence-corrected chi connectivity index (χ4v) is 1.45. The van der Waals surface area contributed by atoms with E-state index in [9.17, 15) is 4.79 Å². The molecule has 0 aromatic carbocycles. The fraction of sp³-hybridized carbons (Fsp3) is 0.909. The zero-order valence-corrected chi connectivity index (χ0v) is 9.14. The third-order valence-corrected chi connectivity index (χ3v) is 2.52. The highest BCUT2D eigenvalue weighted by Crippen LogP contribution is 2.33. The topological polar surface area (TPSA) is 41.1 Å². The van der Waals surface area contributed by atoms with Gasteiger partial charge in [-0.25, -0.2) is 0 Å². The molecule has 0 heterocycles. The van der Waals surface area contributed by atoms with E-state index < -0.39 is 0 Å². The first-order chi connectivity index (χ1) is 6.83. The summed E-state index contributed by atoms with van der Waals surface area (Å²) in [6.07, 6.45) is 6.41. The molecule has 1 fully saturated rings. The molecule has 0 spiro atoms. The Morgan fingerprint density at radius 3 is 2.79 bits per heavy atom. The van der Waals surface area contributed by atoms with Crippen LogP contribution in [0.1, 0.15) is 39.0 Å². The van der Waals surface area contributed by atoms with Crippen LogP contribution in [0.25, 0.3) is 0 Å². The molecule has 0 unspecified atom stereocenters. The Kier molecular flexibility index (Phi) is 5.60. The molecule has 1 saturated carbocycles. The van der Waals surface area contributed by atoms with Crippen molar-refractivity contribution < 1.29 is 4.79 Å². The number of rotatable bonds is 8. The van der Waals surface area contributed by atoms with Crippen LogP contribution in [0.2, 0.25) is 0 Å². The maximum Gasteiger partial charge on any atom is 0.233 e. The molecule has 0 aliphatic heterocycles. The normalized spacial score (nSPS) is 15.5. The standard InChI is InChI=1S/C11H22N2O/c1-2-7-13-11(14)9-12-8-3-4-10-5-6-10/h10,12H,2-9H2,1H3,(H,13,14). The van der Waals surface area contributed by atoms with E-state index in [0.29, 0.717) is 6.54 Å². The van der Waals surface area contributed by atoms with Crippen LogP contribution in [-0.4, -0.2) is 25.5 Å². The van der Waals surface area contributed by atoms with Gasteiger partial charge in [0, 0.05) is 6.54 Å². The average molecular weight is 198 g/mol. The molecule has 0 atom stereocenters. The minimum absolute atomic E-state index is 0.123. The minimum Gasteiger partial charge on any atom is -0.355 e. The van der Waals surface area contributed by atoms with Gasteiger partial charge < -0.3 is 10.6 Å². The van der Waals surface area contributed by atoms with Gasteiger partial charge in [0.1, 0.15) is 0 Å². The maximum atomic E-state index is 11.1. The highest BCUT2D eigenvalue weighted by atomic mass is 16.1. The Bertz CT molecular complexity index is 167. The van der Waals surface area contributed by atoms with E-state index in [1.165, 1.54) is 25.7 Å². The van der Waals surface area contributed by atoms with Crippen LogP contribution < -0.4 is 10.6 Å². The van der Waals surface area contributed by atoms with Crippen molar-refractivity contribution >= 4 is 5.91 Å². The van der Waals surface area contributed by atoms with E-state index in [1.807, 2.05) is 0 Å². The second kappa shape index (κ2) is 6.82. The van der Waals surface area contributed by atoms with Gasteiger partial charge in [-0.1, -0.05) is 19.8 Å². The van der Waals surface area contributed by atoms with Crippen LogP contribution in [0.4, 0.5) is 0 Å². The van der Waals surface area contributed by atoms with Crippen LogP contribution in [-0.2, 0) is 4.79 Å². The SMILES string of the molecule is CCCNC(=O)CNCCCC1CC1. The summed E-state index contributed by atoms with van der Waals surface area (Å²) in [5.41, 5.74) is 0. The summed E-state index contributed by atoms with van der Waals surface area (Å²) in [6.45, 7) is 4.31. The van der Waals surface area contributed by atoms with Gasteiger partial charge in [0.15, 0.2) is 0 Å². The highest BCUT2D eigenvalue weighted by Gasteiger charge is 2.19. The predicted octanol–water partition coefficient (Wildman–Crippen LogP) is 1.29. The van der Waals surface area contributed by atoms with Gasteiger partial charge in [-0.15, -0.1) is 0 Å². The second-order valence-corrected chi connectivity index (χ2v) is 4.11. The van der Waals surface area contributed by atoms with Gasteiger partial charge in [0.05, 0.1) is 6.54 Å². The average Bonchev–Trinajstić information content (AvgIpc) is 2.98. The maximum absolute atomic E-state index is 11.1. The Morgan fingerprint density at radius 1 is 1.36 bits per heavy atom. The highest BCUT2D eigenvalue weighted by molar-refractivity contribution is 5.77. The fourth-order valence-electron chi connectivity index (χ4n) is 1.45. The molecule has 3 nitrogen and oxygen atoms in total. The molecule has 0 aromatic rings. The predicted molar refractivity (Wildman–Crippen MR) is 58.1 cm³/mol. The molecule has 1 amide bonds. The summed E-state index contributed by atoms with van der Waals surface area (Å²) in [7, 11) is 0. The van der Waals surface area contributed by atoms with Crippen molar-refractivity contribution in [1.82, 2.24) is 10.6 Å². The van der Waals surface area contributed by atoms with Crippen LogP contribution in [0, 0.1) is 5.92 Å². The third-order valence-electron chi connectivity index (χ3n) is 2.52. The summed E-state index contributed by atoms with van der Waals surface area (Å²) in [4.78, 5) is 11.1. The first kappa shape index (κ1) is 11.5. The Balaban J connectivity index is 1.79. The van der Waals surface area contributed by atoms with Gasteiger partial charge in [0.25, 0.3) is 0 Å². The molecule has 1 aliphatic carbocycles. The smallest absolute Gasteiger partial charge is 0.233 e. The van der Waals surface area contributed by atoms with Gasteiger partial charge in [-0.2, -0.15) is 0 Å². The molecular weight excluding hydrogens is 176 g/mol. The zero-order valence-electron chi connectivity index (χ0n) is 9.14. The molecule has 1 aliphatic rings. The van der Waals surface area contributed by atoms with Gasteiger partial charge in [-0.3, -0.25) is 4.79 Å². The van der Waals surface area contributed by atoms with E-state index in [4.69, 9.17) is 0 Å². The molecule has 2 N–H and O–H groups in total. The van der Waals surface area contributed by atoms with Crippen molar-refractivity contribution in [2.75, 3.05) is 19.6 Å². The first-order valence-corrected chi connectivity index (χ1v) is 5.80. The van der Waals surface area contributed by atoms with Crippen molar-refractivity contribution in [3.05, 3.63) is 0 Å². The number of hydrogen-bond donors (Lipinski definition) is 2. The molecular formula is C11H22N2O. The molecule has 0 aromatic heterocycles. The lowest BCUT2D eigenvalue weighted by Crippen LogP contribution is -2.34. The Hall–Kier alpha value is -0.570. The number of carbonyl (C=O) groups excluding carboxylic acids is 1. The van der Waals surface area contributed by atoms with E-state index >= 15 is 0 Å². The second-order valence-electron chi connectivity index (χ2n) is 4.11. The van der Waals surface area contributed by atoms with E-state index in [2.05, 4.69) is 17.6 Å². The monoisotopic (exact) mass is 198 g/mol. The van der Waals surface area contributed by atoms with Crippen molar-refractivity contribution in [2.24, 2.45) is 5.92 Å². The van der Waals surface area contributed by atoms with Gasteiger partial charge in [0.2, 0.25) is 5.91 Å².